The van der Waals surface area contributed by atoms with Gasteiger partial charge in [-0.15, -0.1) is 0 Å². The highest BCUT2D eigenvalue weighted by molar-refractivity contribution is 6.13. The summed E-state index contributed by atoms with van der Waals surface area (Å²) in [5.74, 6) is 1.75. The van der Waals surface area contributed by atoms with Gasteiger partial charge in [-0.3, -0.25) is 0 Å². The van der Waals surface area contributed by atoms with Gasteiger partial charge in [-0.05, 0) is 75.8 Å². The van der Waals surface area contributed by atoms with Gasteiger partial charge in [0.15, 0.2) is 17.5 Å². The monoisotopic (exact) mass is 681 g/mol. The molecule has 10 aromatic rings. The van der Waals surface area contributed by atoms with Gasteiger partial charge in [0.1, 0.15) is 22.3 Å². The second-order valence-corrected chi connectivity index (χ2v) is 14.4. The standard InChI is InChI=1S/C48H31N3O2/c1-48(2)38-16-8-6-13-33(38)37-25-29(21-24-39(37)48)45-49-46(30-19-22-35-34-14-7-9-17-40(34)52-42(35)26-30)51-47(50-45)31-20-23-36-43(27-31)53-41-18-10-15-32(44(36)41)28-11-4-3-5-12-28/h3-27H,1-2H3. The summed E-state index contributed by atoms with van der Waals surface area (Å²) in [7, 11) is 0. The molecule has 0 radical (unpaired) electrons. The summed E-state index contributed by atoms with van der Waals surface area (Å²) in [6.45, 7) is 4.59. The van der Waals surface area contributed by atoms with Crippen LogP contribution in [0, 0.1) is 0 Å². The molecule has 0 unspecified atom stereocenters. The van der Waals surface area contributed by atoms with Crippen LogP contribution < -0.4 is 0 Å². The van der Waals surface area contributed by atoms with E-state index in [1.165, 1.54) is 22.3 Å². The second kappa shape index (κ2) is 11.1. The van der Waals surface area contributed by atoms with Crippen molar-refractivity contribution in [1.29, 1.82) is 0 Å². The van der Waals surface area contributed by atoms with Crippen LogP contribution in [-0.4, -0.2) is 15.0 Å². The van der Waals surface area contributed by atoms with Gasteiger partial charge in [-0.1, -0.05) is 123 Å². The molecule has 7 aromatic carbocycles. The topological polar surface area (TPSA) is 65.0 Å². The summed E-state index contributed by atoms with van der Waals surface area (Å²) in [6.07, 6.45) is 0. The van der Waals surface area contributed by atoms with Gasteiger partial charge in [0.2, 0.25) is 0 Å². The van der Waals surface area contributed by atoms with E-state index in [0.717, 1.165) is 71.7 Å². The summed E-state index contributed by atoms with van der Waals surface area (Å²) in [5, 5.41) is 4.29. The summed E-state index contributed by atoms with van der Waals surface area (Å²) >= 11 is 0. The molecule has 11 rings (SSSR count). The number of fused-ring (bicyclic) bond motifs is 9. The average molecular weight is 682 g/mol. The van der Waals surface area contributed by atoms with E-state index in [1.54, 1.807) is 0 Å². The quantitative estimate of drug-likeness (QED) is 0.185. The highest BCUT2D eigenvalue weighted by Crippen LogP contribution is 2.49. The largest absolute Gasteiger partial charge is 0.456 e. The van der Waals surface area contributed by atoms with Crippen molar-refractivity contribution in [1.82, 2.24) is 15.0 Å². The van der Waals surface area contributed by atoms with E-state index in [2.05, 4.69) is 123 Å². The maximum atomic E-state index is 6.50. The van der Waals surface area contributed by atoms with E-state index < -0.39 is 0 Å². The average Bonchev–Trinajstić information content (AvgIpc) is 3.85. The molecule has 5 heteroatoms. The Hall–Kier alpha value is -6.85. The third-order valence-electron chi connectivity index (χ3n) is 11.0. The first-order valence-electron chi connectivity index (χ1n) is 17.9. The first-order chi connectivity index (χ1) is 26.0. The van der Waals surface area contributed by atoms with E-state index in [1.807, 2.05) is 42.5 Å². The molecule has 0 saturated carbocycles. The van der Waals surface area contributed by atoms with Crippen molar-refractivity contribution < 1.29 is 8.83 Å². The Morgan fingerprint density at radius 2 is 0.925 bits per heavy atom. The van der Waals surface area contributed by atoms with E-state index in [9.17, 15) is 0 Å². The highest BCUT2D eigenvalue weighted by Gasteiger charge is 2.35. The molecule has 0 saturated heterocycles. The molecule has 0 amide bonds. The highest BCUT2D eigenvalue weighted by atomic mass is 16.3. The summed E-state index contributed by atoms with van der Waals surface area (Å²) < 4.78 is 12.8. The third-order valence-corrected chi connectivity index (χ3v) is 11.0. The number of nitrogens with zero attached hydrogens (tertiary/aromatic N) is 3. The smallest absolute Gasteiger partial charge is 0.164 e. The lowest BCUT2D eigenvalue weighted by atomic mass is 9.82. The molecule has 1 aliphatic rings. The Kier molecular flexibility index (Phi) is 6.23. The van der Waals surface area contributed by atoms with Crippen LogP contribution >= 0.6 is 0 Å². The number of furan rings is 2. The van der Waals surface area contributed by atoms with E-state index in [4.69, 9.17) is 23.8 Å². The molecule has 0 atom stereocenters. The summed E-state index contributed by atoms with van der Waals surface area (Å²) in [5.41, 5.74) is 13.2. The molecular weight excluding hydrogens is 651 g/mol. The molecule has 1 aliphatic carbocycles. The fourth-order valence-corrected chi connectivity index (χ4v) is 8.31. The van der Waals surface area contributed by atoms with Gasteiger partial charge >= 0.3 is 0 Å². The molecule has 0 aliphatic heterocycles. The van der Waals surface area contributed by atoms with Crippen molar-refractivity contribution in [2.45, 2.75) is 19.3 Å². The number of hydrogen-bond acceptors (Lipinski definition) is 5. The van der Waals surface area contributed by atoms with Crippen LogP contribution in [0.4, 0.5) is 0 Å². The van der Waals surface area contributed by atoms with Crippen molar-refractivity contribution in [2.24, 2.45) is 0 Å². The third kappa shape index (κ3) is 4.54. The minimum atomic E-state index is -0.0930. The summed E-state index contributed by atoms with van der Waals surface area (Å²) in [4.78, 5) is 15.4. The molecule has 3 aromatic heterocycles. The van der Waals surface area contributed by atoms with Gasteiger partial charge in [-0.2, -0.15) is 0 Å². The fourth-order valence-electron chi connectivity index (χ4n) is 8.31. The van der Waals surface area contributed by atoms with E-state index in [0.29, 0.717) is 17.5 Å². The molecule has 3 heterocycles. The molecular formula is C48H31N3O2. The van der Waals surface area contributed by atoms with Crippen molar-refractivity contribution in [3.8, 4) is 56.4 Å². The van der Waals surface area contributed by atoms with Crippen LogP contribution in [0.15, 0.2) is 160 Å². The predicted molar refractivity (Wildman–Crippen MR) is 214 cm³/mol. The van der Waals surface area contributed by atoms with E-state index >= 15 is 0 Å². The Morgan fingerprint density at radius 1 is 0.377 bits per heavy atom. The Balaban J connectivity index is 1.10. The Bertz CT molecular complexity index is 3100. The zero-order valence-corrected chi connectivity index (χ0v) is 29.1. The maximum Gasteiger partial charge on any atom is 0.164 e. The van der Waals surface area contributed by atoms with Gasteiger partial charge in [0.25, 0.3) is 0 Å². The number of benzene rings is 7. The van der Waals surface area contributed by atoms with E-state index in [-0.39, 0.29) is 5.41 Å². The lowest BCUT2D eigenvalue weighted by molar-refractivity contribution is 0.660. The van der Waals surface area contributed by atoms with Crippen LogP contribution in [-0.2, 0) is 5.41 Å². The SMILES string of the molecule is CC1(C)c2ccccc2-c2cc(-c3nc(-c4ccc5c(c4)oc4ccccc45)nc(-c4ccc5c(c4)oc4cccc(-c6ccccc6)c45)n3)ccc21. The number of rotatable bonds is 4. The van der Waals surface area contributed by atoms with Crippen LogP contribution in [0.5, 0.6) is 0 Å². The first kappa shape index (κ1) is 29.8. The molecule has 0 bridgehead atoms. The van der Waals surface area contributed by atoms with Gasteiger partial charge in [0, 0.05) is 43.7 Å². The molecule has 5 nitrogen and oxygen atoms in total. The number of aromatic nitrogens is 3. The van der Waals surface area contributed by atoms with Crippen LogP contribution in [0.25, 0.3) is 100 Å². The zero-order chi connectivity index (χ0) is 35.3. The lowest BCUT2D eigenvalue weighted by Crippen LogP contribution is -2.14. The Labute approximate surface area is 305 Å². The van der Waals surface area contributed by atoms with Crippen molar-refractivity contribution >= 4 is 43.9 Å². The van der Waals surface area contributed by atoms with Crippen LogP contribution in [0.1, 0.15) is 25.0 Å². The normalized spacial score (nSPS) is 13.2. The number of hydrogen-bond donors (Lipinski definition) is 0. The van der Waals surface area contributed by atoms with Gasteiger partial charge in [-0.25, -0.2) is 15.0 Å². The lowest BCUT2D eigenvalue weighted by Gasteiger charge is -2.21. The van der Waals surface area contributed by atoms with Crippen molar-refractivity contribution in [2.75, 3.05) is 0 Å². The Morgan fingerprint density at radius 3 is 1.72 bits per heavy atom. The van der Waals surface area contributed by atoms with Crippen LogP contribution in [0.2, 0.25) is 0 Å². The minimum absolute atomic E-state index is 0.0930. The fraction of sp³-hybridized carbons (Fsp3) is 0.0625. The zero-order valence-electron chi connectivity index (χ0n) is 29.1. The van der Waals surface area contributed by atoms with Gasteiger partial charge < -0.3 is 8.83 Å². The molecule has 250 valence electrons. The maximum absolute atomic E-state index is 6.50. The molecule has 0 spiro atoms. The van der Waals surface area contributed by atoms with Crippen molar-refractivity contribution in [3.63, 3.8) is 0 Å². The van der Waals surface area contributed by atoms with Crippen molar-refractivity contribution in [3.05, 3.63) is 163 Å². The molecule has 53 heavy (non-hydrogen) atoms. The second-order valence-electron chi connectivity index (χ2n) is 14.4. The first-order valence-corrected chi connectivity index (χ1v) is 17.9. The van der Waals surface area contributed by atoms with Gasteiger partial charge in [0.05, 0.1) is 0 Å². The molecule has 0 fully saturated rings. The summed E-state index contributed by atoms with van der Waals surface area (Å²) in [6, 6.07) is 52.6. The minimum Gasteiger partial charge on any atom is -0.456 e. The number of para-hydroxylation sites is 1. The molecule has 0 N–H and O–H groups in total. The predicted octanol–water partition coefficient (Wildman–Crippen LogP) is 12.6. The van der Waals surface area contributed by atoms with Crippen LogP contribution in [0.3, 0.4) is 0 Å².